The molecule has 1 rings (SSSR count). The molecule has 0 unspecified atom stereocenters. The van der Waals surface area contributed by atoms with Crippen molar-refractivity contribution in [3.8, 4) is 0 Å². The summed E-state index contributed by atoms with van der Waals surface area (Å²) in [7, 11) is 0. The maximum atomic E-state index is 11.4. The zero-order chi connectivity index (χ0) is 10.4. The van der Waals surface area contributed by atoms with Crippen molar-refractivity contribution in [2.75, 3.05) is 6.54 Å². The van der Waals surface area contributed by atoms with E-state index in [2.05, 4.69) is 11.9 Å². The Bertz CT molecular complexity index is 344. The summed E-state index contributed by atoms with van der Waals surface area (Å²) in [6.07, 6.45) is 1.52. The zero-order valence-electron chi connectivity index (χ0n) is 7.69. The Labute approximate surface area is 82.4 Å². The Morgan fingerprint density at radius 1 is 1.29 bits per heavy atom. The molecule has 0 saturated carbocycles. The number of Topliss-reactive ketones (excluding diaryl/α,β-unsaturated/α-hetero) is 1. The van der Waals surface area contributed by atoms with Crippen molar-refractivity contribution in [2.45, 2.75) is 0 Å². The fourth-order valence-corrected chi connectivity index (χ4v) is 0.966. The number of carbonyl (C=O) groups excluding carboxylic acids is 2. The molecule has 0 aromatic heterocycles. The van der Waals surface area contributed by atoms with Crippen LogP contribution in [0.3, 0.4) is 0 Å². The van der Waals surface area contributed by atoms with Crippen LogP contribution in [0, 0.1) is 0 Å². The van der Waals surface area contributed by atoms with Crippen molar-refractivity contribution in [1.82, 2.24) is 5.32 Å². The molecule has 0 aliphatic rings. The molecule has 72 valence electrons. The fraction of sp³-hybridized carbons (Fsp3) is 0.0909. The molecule has 1 N–H and O–H groups in total. The van der Waals surface area contributed by atoms with E-state index in [9.17, 15) is 9.59 Å². The Kier molecular flexibility index (Phi) is 3.61. The van der Waals surface area contributed by atoms with E-state index in [1.165, 1.54) is 6.08 Å². The van der Waals surface area contributed by atoms with Crippen molar-refractivity contribution in [3.63, 3.8) is 0 Å². The van der Waals surface area contributed by atoms with Crippen LogP contribution in [0.5, 0.6) is 0 Å². The lowest BCUT2D eigenvalue weighted by Crippen LogP contribution is -2.30. The number of nitrogens with one attached hydrogen (secondary N) is 1. The Balaban J connectivity index is 2.66. The third-order valence-corrected chi connectivity index (χ3v) is 1.65. The number of ketones is 1. The smallest absolute Gasteiger partial charge is 0.292 e. The fourth-order valence-electron chi connectivity index (χ4n) is 0.966. The average molecular weight is 189 g/mol. The minimum Gasteiger partial charge on any atom is -0.346 e. The molecule has 0 radical (unpaired) electrons. The van der Waals surface area contributed by atoms with Gasteiger partial charge in [0.1, 0.15) is 0 Å². The first-order valence-corrected chi connectivity index (χ1v) is 4.24. The molecule has 1 aromatic rings. The summed E-state index contributed by atoms with van der Waals surface area (Å²) in [6.45, 7) is 3.74. The van der Waals surface area contributed by atoms with Gasteiger partial charge in [-0.2, -0.15) is 0 Å². The molecular formula is C11H11NO2. The lowest BCUT2D eigenvalue weighted by molar-refractivity contribution is -0.116. The quantitative estimate of drug-likeness (QED) is 0.439. The van der Waals surface area contributed by atoms with E-state index in [0.717, 1.165) is 0 Å². The molecule has 0 saturated heterocycles. The van der Waals surface area contributed by atoms with E-state index in [1.807, 2.05) is 0 Å². The molecule has 3 nitrogen and oxygen atoms in total. The number of hydrogen-bond acceptors (Lipinski definition) is 2. The van der Waals surface area contributed by atoms with E-state index in [1.54, 1.807) is 30.3 Å². The number of rotatable bonds is 4. The lowest BCUT2D eigenvalue weighted by atomic mass is 10.1. The zero-order valence-corrected chi connectivity index (χ0v) is 7.69. The predicted molar refractivity (Wildman–Crippen MR) is 54.0 cm³/mol. The van der Waals surface area contributed by atoms with Gasteiger partial charge in [-0.15, -0.1) is 6.58 Å². The highest BCUT2D eigenvalue weighted by Gasteiger charge is 2.13. The van der Waals surface area contributed by atoms with E-state index in [0.29, 0.717) is 12.1 Å². The minimum absolute atomic E-state index is 0.303. The summed E-state index contributed by atoms with van der Waals surface area (Å²) < 4.78 is 0. The average Bonchev–Trinajstić information content (AvgIpc) is 2.26. The van der Waals surface area contributed by atoms with Gasteiger partial charge in [0.15, 0.2) is 0 Å². The summed E-state index contributed by atoms with van der Waals surface area (Å²) in [5, 5.41) is 2.42. The van der Waals surface area contributed by atoms with Crippen molar-refractivity contribution in [1.29, 1.82) is 0 Å². The van der Waals surface area contributed by atoms with E-state index in [4.69, 9.17) is 0 Å². The maximum Gasteiger partial charge on any atom is 0.292 e. The van der Waals surface area contributed by atoms with Gasteiger partial charge in [0.2, 0.25) is 5.78 Å². The van der Waals surface area contributed by atoms with Crippen molar-refractivity contribution in [3.05, 3.63) is 48.6 Å². The van der Waals surface area contributed by atoms with Crippen LogP contribution in [0.2, 0.25) is 0 Å². The summed E-state index contributed by atoms with van der Waals surface area (Å²) in [5.41, 5.74) is 0.397. The lowest BCUT2D eigenvalue weighted by Gasteiger charge is -2.00. The van der Waals surface area contributed by atoms with Crippen LogP contribution in [0.4, 0.5) is 0 Å². The molecule has 0 spiro atoms. The highest BCUT2D eigenvalue weighted by atomic mass is 16.2. The maximum absolute atomic E-state index is 11.4. The first-order chi connectivity index (χ1) is 6.75. The van der Waals surface area contributed by atoms with Gasteiger partial charge in [-0.05, 0) is 0 Å². The molecule has 0 aliphatic heterocycles. The third-order valence-electron chi connectivity index (χ3n) is 1.65. The number of hydrogen-bond donors (Lipinski definition) is 1. The van der Waals surface area contributed by atoms with Crippen molar-refractivity contribution < 1.29 is 9.59 Å². The van der Waals surface area contributed by atoms with Crippen LogP contribution in [-0.2, 0) is 4.79 Å². The van der Waals surface area contributed by atoms with Gasteiger partial charge in [-0.1, -0.05) is 36.4 Å². The molecule has 0 atom stereocenters. The largest absolute Gasteiger partial charge is 0.346 e. The van der Waals surface area contributed by atoms with E-state index in [-0.39, 0.29) is 0 Å². The second kappa shape index (κ2) is 4.97. The molecule has 0 fully saturated rings. The predicted octanol–water partition coefficient (Wildman–Crippen LogP) is 1.17. The van der Waals surface area contributed by atoms with E-state index >= 15 is 0 Å². The molecule has 0 bridgehead atoms. The highest BCUT2D eigenvalue weighted by Crippen LogP contribution is 1.99. The van der Waals surface area contributed by atoms with Gasteiger partial charge in [0.05, 0.1) is 0 Å². The first-order valence-electron chi connectivity index (χ1n) is 4.24. The van der Waals surface area contributed by atoms with Crippen LogP contribution in [0.25, 0.3) is 0 Å². The van der Waals surface area contributed by atoms with Crippen molar-refractivity contribution in [2.24, 2.45) is 0 Å². The van der Waals surface area contributed by atoms with Crippen LogP contribution in [0.15, 0.2) is 43.0 Å². The highest BCUT2D eigenvalue weighted by molar-refractivity contribution is 6.42. The van der Waals surface area contributed by atoms with Gasteiger partial charge >= 0.3 is 0 Å². The molecule has 14 heavy (non-hydrogen) atoms. The monoisotopic (exact) mass is 189 g/mol. The van der Waals surface area contributed by atoms with Gasteiger partial charge in [0.25, 0.3) is 5.91 Å². The normalized spacial score (nSPS) is 9.14. The molecule has 1 aromatic carbocycles. The Morgan fingerprint density at radius 2 is 1.93 bits per heavy atom. The third kappa shape index (κ3) is 2.55. The van der Waals surface area contributed by atoms with E-state index < -0.39 is 11.7 Å². The standard InChI is InChI=1S/C11H11NO2/c1-2-8-12-11(14)10(13)9-6-4-3-5-7-9/h2-7H,1,8H2,(H,12,14). The topological polar surface area (TPSA) is 46.2 Å². The van der Waals surface area contributed by atoms with Gasteiger partial charge in [-0.25, -0.2) is 0 Å². The molecule has 0 heterocycles. The Hall–Kier alpha value is -1.90. The van der Waals surface area contributed by atoms with Crippen LogP contribution >= 0.6 is 0 Å². The molecule has 3 heteroatoms. The summed E-state index contributed by atoms with van der Waals surface area (Å²) in [6, 6.07) is 8.44. The van der Waals surface area contributed by atoms with Crippen LogP contribution in [-0.4, -0.2) is 18.2 Å². The minimum atomic E-state index is -0.601. The number of carbonyl (C=O) groups is 2. The van der Waals surface area contributed by atoms with Crippen LogP contribution in [0.1, 0.15) is 10.4 Å². The summed E-state index contributed by atoms with van der Waals surface area (Å²) in [4.78, 5) is 22.6. The SMILES string of the molecule is C=CCNC(=O)C(=O)c1ccccc1. The molecule has 1 amide bonds. The number of benzene rings is 1. The molecule has 0 aliphatic carbocycles. The summed E-state index contributed by atoms with van der Waals surface area (Å²) >= 11 is 0. The van der Waals surface area contributed by atoms with Gasteiger partial charge in [0, 0.05) is 12.1 Å². The Morgan fingerprint density at radius 3 is 2.50 bits per heavy atom. The second-order valence-corrected chi connectivity index (χ2v) is 2.69. The van der Waals surface area contributed by atoms with Gasteiger partial charge < -0.3 is 5.32 Å². The molecular weight excluding hydrogens is 178 g/mol. The van der Waals surface area contributed by atoms with Crippen LogP contribution < -0.4 is 5.32 Å². The van der Waals surface area contributed by atoms with Gasteiger partial charge in [-0.3, -0.25) is 9.59 Å². The first kappa shape index (κ1) is 10.2. The van der Waals surface area contributed by atoms with Crippen molar-refractivity contribution >= 4 is 11.7 Å². The summed E-state index contributed by atoms with van der Waals surface area (Å²) in [5.74, 6) is -1.12. The second-order valence-electron chi connectivity index (χ2n) is 2.69. The number of amides is 1.